The van der Waals surface area contributed by atoms with Crippen LogP contribution in [0.2, 0.25) is 0 Å². The molecule has 1 aliphatic carbocycles. The van der Waals surface area contributed by atoms with Gasteiger partial charge in [0.25, 0.3) is 5.91 Å². The second-order valence-electron chi connectivity index (χ2n) is 7.58. The highest BCUT2D eigenvalue weighted by Gasteiger charge is 2.32. The lowest BCUT2D eigenvalue weighted by Gasteiger charge is -2.16. The topological polar surface area (TPSA) is 61.4 Å². The number of aliphatic imine (C=N–C) groups is 1. The Morgan fingerprint density at radius 3 is 2.73 bits per heavy atom. The first-order valence-electron chi connectivity index (χ1n) is 10.5. The number of likely N-dealkylation sites (N-methyl/N-ethyl adjacent to an activating group) is 1. The maximum Gasteiger partial charge on any atom is 0.266 e. The second kappa shape index (κ2) is 8.44. The molecule has 156 valence electrons. The van der Waals surface area contributed by atoms with E-state index in [1.807, 2.05) is 19.9 Å². The van der Waals surface area contributed by atoms with Gasteiger partial charge in [-0.25, -0.2) is 0 Å². The van der Waals surface area contributed by atoms with E-state index in [1.54, 1.807) is 16.2 Å². The first-order valence-corrected chi connectivity index (χ1v) is 12.1. The fourth-order valence-electron chi connectivity index (χ4n) is 4.32. The van der Waals surface area contributed by atoms with Gasteiger partial charge in [-0.2, -0.15) is 5.26 Å². The Morgan fingerprint density at radius 1 is 1.27 bits per heavy atom. The van der Waals surface area contributed by atoms with E-state index in [4.69, 9.17) is 0 Å². The molecule has 30 heavy (non-hydrogen) atoms. The lowest BCUT2D eigenvalue weighted by molar-refractivity contribution is -0.122. The zero-order chi connectivity index (χ0) is 21.4. The van der Waals surface area contributed by atoms with Crippen molar-refractivity contribution in [2.24, 2.45) is 4.99 Å². The number of nitrogens with zero attached hydrogens (tertiary/aromatic N) is 4. The summed E-state index contributed by atoms with van der Waals surface area (Å²) in [5, 5.41) is 10.6. The Morgan fingerprint density at radius 2 is 2.03 bits per heavy atom. The minimum absolute atomic E-state index is 0.0186. The molecule has 2 aromatic heterocycles. The van der Waals surface area contributed by atoms with Crippen molar-refractivity contribution in [3.05, 3.63) is 43.2 Å². The monoisotopic (exact) mass is 438 g/mol. The summed E-state index contributed by atoms with van der Waals surface area (Å²) in [5.74, 6) is 0.0186. The lowest BCUT2D eigenvalue weighted by atomic mass is 9.97. The van der Waals surface area contributed by atoms with Crippen molar-refractivity contribution in [1.82, 2.24) is 9.47 Å². The van der Waals surface area contributed by atoms with Crippen molar-refractivity contribution >= 4 is 40.2 Å². The highest BCUT2D eigenvalue weighted by molar-refractivity contribution is 8.18. The largest absolute Gasteiger partial charge is 0.316 e. The van der Waals surface area contributed by atoms with Gasteiger partial charge in [-0.15, -0.1) is 11.3 Å². The maximum absolute atomic E-state index is 12.9. The number of carbonyl (C=O) groups excluding carboxylic acids is 1. The van der Waals surface area contributed by atoms with E-state index >= 15 is 0 Å². The molecule has 1 amide bonds. The predicted octanol–water partition coefficient (Wildman–Crippen LogP) is 5.22. The molecule has 5 nitrogen and oxygen atoms in total. The van der Waals surface area contributed by atoms with Gasteiger partial charge < -0.3 is 4.57 Å². The van der Waals surface area contributed by atoms with Crippen molar-refractivity contribution in [2.45, 2.75) is 53.4 Å². The van der Waals surface area contributed by atoms with Crippen LogP contribution in [-0.2, 0) is 17.6 Å². The van der Waals surface area contributed by atoms with E-state index in [9.17, 15) is 10.1 Å². The summed E-state index contributed by atoms with van der Waals surface area (Å²) in [5.41, 5.74) is 5.58. The van der Waals surface area contributed by atoms with E-state index in [0.717, 1.165) is 45.5 Å². The van der Waals surface area contributed by atoms with Crippen LogP contribution in [0.25, 0.3) is 11.8 Å². The average Bonchev–Trinajstić information content (AvgIpc) is 3.34. The third kappa shape index (κ3) is 3.42. The van der Waals surface area contributed by atoms with E-state index in [-0.39, 0.29) is 5.91 Å². The highest BCUT2D eigenvalue weighted by Crippen LogP contribution is 2.39. The Kier molecular flexibility index (Phi) is 5.90. The van der Waals surface area contributed by atoms with Crippen molar-refractivity contribution in [3.8, 4) is 11.8 Å². The number of thioether (sulfide) groups is 1. The van der Waals surface area contributed by atoms with Crippen LogP contribution in [0, 0.1) is 25.2 Å². The summed E-state index contributed by atoms with van der Waals surface area (Å²) in [6, 6.07) is 4.55. The number of thiophene rings is 1. The number of rotatable bonds is 4. The molecular formula is C23H26N4OS2. The molecule has 0 bridgehead atoms. The summed E-state index contributed by atoms with van der Waals surface area (Å²) < 4.78 is 2.22. The maximum atomic E-state index is 12.9. The molecule has 2 aromatic rings. The molecule has 0 spiro atoms. The standard InChI is InChI=1S/C23H26N4OS2/c1-5-25-23-26(6-2)22(28)19(30-23)12-16-11-14(3)27(15(16)4)21-17-9-7-8-10-18(17)29-20(21)13-24/h11-12H,5-10H2,1-4H3/b19-12-,25-23?. The van der Waals surface area contributed by atoms with Gasteiger partial charge in [0.1, 0.15) is 10.9 Å². The molecule has 0 saturated carbocycles. The molecule has 0 unspecified atom stereocenters. The van der Waals surface area contributed by atoms with Crippen LogP contribution in [0.4, 0.5) is 0 Å². The van der Waals surface area contributed by atoms with E-state index in [0.29, 0.717) is 18.0 Å². The summed E-state index contributed by atoms with van der Waals surface area (Å²) >= 11 is 3.10. The Balaban J connectivity index is 1.79. The fourth-order valence-corrected chi connectivity index (χ4v) is 6.59. The Hall–Kier alpha value is -2.30. The number of nitriles is 1. The summed E-state index contributed by atoms with van der Waals surface area (Å²) in [6.07, 6.45) is 6.47. The van der Waals surface area contributed by atoms with Crippen molar-refractivity contribution < 1.29 is 4.79 Å². The second-order valence-corrected chi connectivity index (χ2v) is 9.69. The summed E-state index contributed by atoms with van der Waals surface area (Å²) in [7, 11) is 0. The van der Waals surface area contributed by atoms with Crippen molar-refractivity contribution in [1.29, 1.82) is 5.26 Å². The number of amidine groups is 1. The lowest BCUT2D eigenvalue weighted by Crippen LogP contribution is -2.28. The van der Waals surface area contributed by atoms with Gasteiger partial charge in [0, 0.05) is 29.4 Å². The molecular weight excluding hydrogens is 412 g/mol. The third-order valence-corrected chi connectivity index (χ3v) is 7.95. The first-order chi connectivity index (χ1) is 14.5. The highest BCUT2D eigenvalue weighted by atomic mass is 32.2. The first kappa shape index (κ1) is 21.0. The quantitative estimate of drug-likeness (QED) is 0.615. The van der Waals surface area contributed by atoms with Crippen molar-refractivity contribution in [3.63, 3.8) is 0 Å². The summed E-state index contributed by atoms with van der Waals surface area (Å²) in [4.78, 5) is 21.9. The zero-order valence-electron chi connectivity index (χ0n) is 17.9. The van der Waals surface area contributed by atoms with Crippen LogP contribution in [0.5, 0.6) is 0 Å². The van der Waals surface area contributed by atoms with Gasteiger partial charge in [-0.05, 0) is 88.4 Å². The van der Waals surface area contributed by atoms with E-state index in [1.165, 1.54) is 35.0 Å². The average molecular weight is 439 g/mol. The number of hydrogen-bond donors (Lipinski definition) is 0. The molecule has 3 heterocycles. The Labute approximate surface area is 186 Å². The minimum atomic E-state index is 0.0186. The molecule has 0 radical (unpaired) electrons. The molecule has 0 atom stereocenters. The SMILES string of the molecule is CCN=C1S/C(=C\c2cc(C)n(-c3c(C#N)sc4c3CCCC4)c2C)C(=O)N1CC. The van der Waals surface area contributed by atoms with Gasteiger partial charge in [0.2, 0.25) is 0 Å². The van der Waals surface area contributed by atoms with Crippen LogP contribution in [-0.4, -0.2) is 33.6 Å². The summed E-state index contributed by atoms with van der Waals surface area (Å²) in [6.45, 7) is 9.39. The number of aryl methyl sites for hydroxylation is 2. The van der Waals surface area contributed by atoms with Crippen LogP contribution in [0.15, 0.2) is 16.0 Å². The molecule has 2 aliphatic rings. The molecule has 1 aliphatic heterocycles. The van der Waals surface area contributed by atoms with E-state index in [2.05, 4.69) is 35.5 Å². The molecule has 1 saturated heterocycles. The number of hydrogen-bond acceptors (Lipinski definition) is 5. The third-order valence-electron chi connectivity index (χ3n) is 5.72. The van der Waals surface area contributed by atoms with Crippen molar-refractivity contribution in [2.75, 3.05) is 13.1 Å². The molecule has 0 N–H and O–H groups in total. The molecule has 1 fully saturated rings. The zero-order valence-corrected chi connectivity index (χ0v) is 19.5. The van der Waals surface area contributed by atoms with Gasteiger partial charge in [0.05, 0.1) is 10.6 Å². The van der Waals surface area contributed by atoms with Crippen LogP contribution < -0.4 is 0 Å². The van der Waals surface area contributed by atoms with Crippen LogP contribution in [0.1, 0.15) is 59.0 Å². The Bertz CT molecular complexity index is 1110. The van der Waals surface area contributed by atoms with Crippen LogP contribution in [0.3, 0.4) is 0 Å². The number of amides is 1. The normalized spacial score (nSPS) is 19.0. The van der Waals surface area contributed by atoms with Crippen LogP contribution >= 0.6 is 23.1 Å². The number of carbonyl (C=O) groups is 1. The minimum Gasteiger partial charge on any atom is -0.316 e. The fraction of sp³-hybridized carbons (Fsp3) is 0.435. The van der Waals surface area contributed by atoms with E-state index < -0.39 is 0 Å². The molecule has 0 aromatic carbocycles. The van der Waals surface area contributed by atoms with Gasteiger partial charge in [-0.1, -0.05) is 0 Å². The smallest absolute Gasteiger partial charge is 0.266 e. The molecule has 7 heteroatoms. The van der Waals surface area contributed by atoms with Gasteiger partial charge in [0.15, 0.2) is 5.17 Å². The van der Waals surface area contributed by atoms with Gasteiger partial charge >= 0.3 is 0 Å². The predicted molar refractivity (Wildman–Crippen MR) is 125 cm³/mol. The van der Waals surface area contributed by atoms with Gasteiger partial charge in [-0.3, -0.25) is 14.7 Å². The molecule has 4 rings (SSSR count). The number of aromatic nitrogens is 1. The number of fused-ring (bicyclic) bond motifs is 1.